The molecule has 26 heavy (non-hydrogen) atoms. The van der Waals surface area contributed by atoms with Crippen LogP contribution in [0.4, 0.5) is 17.6 Å². The number of nitrogens with one attached hydrogen (secondary N) is 1. The summed E-state index contributed by atoms with van der Waals surface area (Å²) in [7, 11) is -3.38. The van der Waals surface area contributed by atoms with Crippen LogP contribution >= 0.6 is 0 Å². The molecule has 0 aliphatic rings. The standard InChI is InChI=1S/C16H15F4NO4S/c1-26(23,24)8-10-2-3-14(25-9-16(18,19)20)13(4-10)12-5-11(6-17)15(22)21-7-12/h2-5,7H,6,8-9H2,1H3,(H,21,22). The molecule has 142 valence electrons. The number of pyridine rings is 1. The molecular formula is C16H15F4NO4S. The highest BCUT2D eigenvalue weighted by Crippen LogP contribution is 2.32. The van der Waals surface area contributed by atoms with Gasteiger partial charge in [0, 0.05) is 29.1 Å². The van der Waals surface area contributed by atoms with Crippen molar-refractivity contribution >= 4 is 9.84 Å². The lowest BCUT2D eigenvalue weighted by molar-refractivity contribution is -0.153. The van der Waals surface area contributed by atoms with Gasteiger partial charge in [-0.3, -0.25) is 4.79 Å². The molecule has 0 saturated carbocycles. The summed E-state index contributed by atoms with van der Waals surface area (Å²) in [5.41, 5.74) is -0.250. The van der Waals surface area contributed by atoms with Crippen molar-refractivity contribution in [3.05, 3.63) is 51.9 Å². The predicted molar refractivity (Wildman–Crippen MR) is 87.4 cm³/mol. The van der Waals surface area contributed by atoms with E-state index in [4.69, 9.17) is 4.74 Å². The monoisotopic (exact) mass is 393 g/mol. The van der Waals surface area contributed by atoms with Gasteiger partial charge in [-0.1, -0.05) is 6.07 Å². The van der Waals surface area contributed by atoms with Gasteiger partial charge in [-0.05, 0) is 23.8 Å². The van der Waals surface area contributed by atoms with Gasteiger partial charge in [0.15, 0.2) is 16.4 Å². The Morgan fingerprint density at radius 1 is 1.19 bits per heavy atom. The minimum absolute atomic E-state index is 0.112. The topological polar surface area (TPSA) is 76.2 Å². The van der Waals surface area contributed by atoms with Crippen LogP contribution in [0, 0.1) is 0 Å². The zero-order valence-corrected chi connectivity index (χ0v) is 14.4. The first kappa shape index (κ1) is 20.0. The van der Waals surface area contributed by atoms with Crippen LogP contribution in [0.25, 0.3) is 11.1 Å². The predicted octanol–water partition coefficient (Wildman–Crippen LogP) is 3.00. The minimum Gasteiger partial charge on any atom is -0.483 e. The molecule has 5 nitrogen and oxygen atoms in total. The third-order valence-corrected chi connectivity index (χ3v) is 4.16. The molecule has 2 aromatic rings. The fourth-order valence-corrected chi connectivity index (χ4v) is 3.05. The number of hydrogen-bond donors (Lipinski definition) is 1. The van der Waals surface area contributed by atoms with Crippen LogP contribution in [0.1, 0.15) is 11.1 Å². The van der Waals surface area contributed by atoms with E-state index in [1.807, 2.05) is 0 Å². The van der Waals surface area contributed by atoms with Gasteiger partial charge in [-0.25, -0.2) is 12.8 Å². The molecule has 0 aliphatic heterocycles. The third kappa shape index (κ3) is 5.58. The van der Waals surface area contributed by atoms with Crippen LogP contribution in [-0.2, 0) is 22.3 Å². The molecule has 0 unspecified atom stereocenters. The number of aromatic amines is 1. The fraction of sp³-hybridized carbons (Fsp3) is 0.312. The lowest BCUT2D eigenvalue weighted by Gasteiger charge is -2.15. The number of rotatable bonds is 6. The Bertz CT molecular complexity index is 951. The van der Waals surface area contributed by atoms with Gasteiger partial charge in [0.05, 0.1) is 5.75 Å². The van der Waals surface area contributed by atoms with Gasteiger partial charge in [0.1, 0.15) is 12.4 Å². The maximum absolute atomic E-state index is 12.9. The number of aromatic nitrogens is 1. The Hall–Kier alpha value is -2.36. The molecule has 1 heterocycles. The maximum atomic E-state index is 12.9. The number of halogens is 4. The average molecular weight is 393 g/mol. The summed E-state index contributed by atoms with van der Waals surface area (Å²) >= 11 is 0. The van der Waals surface area contributed by atoms with E-state index in [9.17, 15) is 30.8 Å². The maximum Gasteiger partial charge on any atom is 0.422 e. The molecule has 0 spiro atoms. The van der Waals surface area contributed by atoms with E-state index in [1.54, 1.807) is 0 Å². The summed E-state index contributed by atoms with van der Waals surface area (Å²) in [6, 6.07) is 5.06. The number of ether oxygens (including phenoxy) is 1. The molecule has 1 aromatic heterocycles. The van der Waals surface area contributed by atoms with Crippen molar-refractivity contribution in [1.82, 2.24) is 4.98 Å². The highest BCUT2D eigenvalue weighted by atomic mass is 32.2. The molecule has 0 aliphatic carbocycles. The first-order valence-corrected chi connectivity index (χ1v) is 9.33. The second-order valence-corrected chi connectivity index (χ2v) is 7.82. The second-order valence-electron chi connectivity index (χ2n) is 5.68. The summed E-state index contributed by atoms with van der Waals surface area (Å²) in [4.78, 5) is 13.8. The quantitative estimate of drug-likeness (QED) is 0.766. The summed E-state index contributed by atoms with van der Waals surface area (Å²) < 4.78 is 78.0. The minimum atomic E-state index is -4.57. The summed E-state index contributed by atoms with van der Waals surface area (Å²) in [6.45, 7) is -2.62. The number of sulfone groups is 1. The SMILES string of the molecule is CS(=O)(=O)Cc1ccc(OCC(F)(F)F)c(-c2c[nH]c(=O)c(CF)c2)c1. The molecule has 10 heteroatoms. The van der Waals surface area contributed by atoms with E-state index in [1.165, 1.54) is 30.5 Å². The van der Waals surface area contributed by atoms with E-state index < -0.39 is 34.9 Å². The average Bonchev–Trinajstić information content (AvgIpc) is 2.52. The first-order chi connectivity index (χ1) is 12.0. The van der Waals surface area contributed by atoms with Gasteiger partial charge >= 0.3 is 6.18 Å². The zero-order chi connectivity index (χ0) is 19.5. The van der Waals surface area contributed by atoms with E-state index in [2.05, 4.69) is 4.98 Å². The molecule has 0 atom stereocenters. The van der Waals surface area contributed by atoms with Crippen molar-refractivity contribution in [1.29, 1.82) is 0 Å². The summed E-state index contributed by atoms with van der Waals surface area (Å²) in [5.74, 6) is -0.504. The van der Waals surface area contributed by atoms with Gasteiger partial charge in [-0.2, -0.15) is 13.2 Å². The summed E-state index contributed by atoms with van der Waals surface area (Å²) in [6.07, 6.45) is -2.36. The molecule has 0 saturated heterocycles. The molecule has 0 bridgehead atoms. The van der Waals surface area contributed by atoms with Crippen molar-refractivity contribution in [2.45, 2.75) is 18.6 Å². The number of H-pyrrole nitrogens is 1. The molecule has 0 radical (unpaired) electrons. The van der Waals surface area contributed by atoms with Gasteiger partial charge in [-0.15, -0.1) is 0 Å². The van der Waals surface area contributed by atoms with Crippen molar-refractivity contribution in [3.8, 4) is 16.9 Å². The van der Waals surface area contributed by atoms with Crippen LogP contribution in [0.2, 0.25) is 0 Å². The Morgan fingerprint density at radius 3 is 2.46 bits per heavy atom. The van der Waals surface area contributed by atoms with Gasteiger partial charge in [0.2, 0.25) is 0 Å². The highest BCUT2D eigenvalue weighted by Gasteiger charge is 2.29. The van der Waals surface area contributed by atoms with Crippen molar-refractivity contribution in [2.24, 2.45) is 0 Å². The Labute approximate surface area is 146 Å². The van der Waals surface area contributed by atoms with E-state index >= 15 is 0 Å². The summed E-state index contributed by atoms with van der Waals surface area (Å²) in [5, 5.41) is 0. The molecule has 2 rings (SSSR count). The Balaban J connectivity index is 2.53. The largest absolute Gasteiger partial charge is 0.483 e. The van der Waals surface area contributed by atoms with Crippen molar-refractivity contribution < 1.29 is 30.7 Å². The number of alkyl halides is 4. The Morgan fingerprint density at radius 2 is 1.88 bits per heavy atom. The molecule has 0 fully saturated rings. The zero-order valence-electron chi connectivity index (χ0n) is 13.6. The lowest BCUT2D eigenvalue weighted by atomic mass is 10.0. The van der Waals surface area contributed by atoms with E-state index in [-0.39, 0.29) is 28.2 Å². The van der Waals surface area contributed by atoms with E-state index in [0.29, 0.717) is 5.56 Å². The van der Waals surface area contributed by atoms with Gasteiger partial charge < -0.3 is 9.72 Å². The Kier molecular flexibility index (Phi) is 5.74. The van der Waals surface area contributed by atoms with Crippen LogP contribution in [0.15, 0.2) is 35.3 Å². The number of benzene rings is 1. The van der Waals surface area contributed by atoms with Gasteiger partial charge in [0.25, 0.3) is 5.56 Å². The van der Waals surface area contributed by atoms with Crippen LogP contribution < -0.4 is 10.3 Å². The molecule has 1 N–H and O–H groups in total. The highest BCUT2D eigenvalue weighted by molar-refractivity contribution is 7.89. The number of hydrogen-bond acceptors (Lipinski definition) is 4. The van der Waals surface area contributed by atoms with Crippen molar-refractivity contribution in [2.75, 3.05) is 12.9 Å². The lowest BCUT2D eigenvalue weighted by Crippen LogP contribution is -2.19. The fourth-order valence-electron chi connectivity index (χ4n) is 2.27. The molecule has 0 amide bonds. The van der Waals surface area contributed by atoms with Crippen LogP contribution in [0.3, 0.4) is 0 Å². The smallest absolute Gasteiger partial charge is 0.422 e. The first-order valence-electron chi connectivity index (χ1n) is 7.26. The van der Waals surface area contributed by atoms with Crippen LogP contribution in [-0.4, -0.2) is 32.4 Å². The molecular weight excluding hydrogens is 378 g/mol. The third-order valence-electron chi connectivity index (χ3n) is 3.30. The van der Waals surface area contributed by atoms with Crippen LogP contribution in [0.5, 0.6) is 5.75 Å². The molecule has 1 aromatic carbocycles. The normalized spacial score (nSPS) is 12.2. The van der Waals surface area contributed by atoms with Crippen molar-refractivity contribution in [3.63, 3.8) is 0 Å². The second kappa shape index (κ2) is 7.48. The van der Waals surface area contributed by atoms with E-state index in [0.717, 1.165) is 6.26 Å².